The van der Waals surface area contributed by atoms with Crippen molar-refractivity contribution in [1.82, 2.24) is 20.1 Å². The summed E-state index contributed by atoms with van der Waals surface area (Å²) < 4.78 is 20.5. The van der Waals surface area contributed by atoms with Crippen molar-refractivity contribution >= 4 is 0 Å². The van der Waals surface area contributed by atoms with Crippen molar-refractivity contribution in [2.75, 3.05) is 13.7 Å². The molecule has 6 nitrogen and oxygen atoms in total. The molecule has 0 saturated heterocycles. The van der Waals surface area contributed by atoms with Gasteiger partial charge in [0, 0.05) is 6.07 Å². The monoisotopic (exact) mass is 356 g/mol. The summed E-state index contributed by atoms with van der Waals surface area (Å²) in [4.78, 5) is 4.57. The minimum Gasteiger partial charge on any atom is -0.485 e. The Hall–Kier alpha value is -2.77. The molecule has 3 aromatic rings. The molecule has 1 heterocycles. The molecule has 0 aliphatic rings. The normalized spacial score (nSPS) is 12.1. The van der Waals surface area contributed by atoms with Crippen LogP contribution in [-0.4, -0.2) is 33.5 Å². The van der Waals surface area contributed by atoms with Gasteiger partial charge in [-0.15, -0.1) is 0 Å². The molecule has 1 unspecified atom stereocenters. The van der Waals surface area contributed by atoms with Gasteiger partial charge in [0.25, 0.3) is 0 Å². The van der Waals surface area contributed by atoms with E-state index < -0.39 is 0 Å². The van der Waals surface area contributed by atoms with E-state index in [9.17, 15) is 9.50 Å². The highest BCUT2D eigenvalue weighted by atomic mass is 19.1. The Bertz CT molecular complexity index is 839. The van der Waals surface area contributed by atoms with Crippen molar-refractivity contribution in [3.8, 4) is 5.75 Å². The standard InChI is InChI=1S/C19H21FN4O2/c1-21-18(14-6-3-2-4-7-14)19-22-17(23-24(19)10-11-25)13-26-16-9-5-8-15(20)12-16/h2-9,12,18,21,25H,10-11,13H2,1H3. The zero-order valence-electron chi connectivity index (χ0n) is 14.5. The second-order valence-corrected chi connectivity index (χ2v) is 5.71. The van der Waals surface area contributed by atoms with Gasteiger partial charge < -0.3 is 15.2 Å². The molecule has 0 spiro atoms. The number of benzene rings is 2. The molecule has 0 fully saturated rings. The van der Waals surface area contributed by atoms with Crippen molar-refractivity contribution in [3.05, 3.63) is 77.6 Å². The van der Waals surface area contributed by atoms with Crippen LogP contribution in [0.15, 0.2) is 54.6 Å². The van der Waals surface area contributed by atoms with Crippen molar-refractivity contribution in [2.24, 2.45) is 0 Å². The number of nitrogens with one attached hydrogen (secondary N) is 1. The molecule has 0 bridgehead atoms. The maximum Gasteiger partial charge on any atom is 0.188 e. The van der Waals surface area contributed by atoms with Gasteiger partial charge in [-0.2, -0.15) is 5.10 Å². The average Bonchev–Trinajstić information content (AvgIpc) is 3.05. The van der Waals surface area contributed by atoms with Crippen molar-refractivity contribution in [3.63, 3.8) is 0 Å². The number of aliphatic hydroxyl groups is 1. The second-order valence-electron chi connectivity index (χ2n) is 5.71. The van der Waals surface area contributed by atoms with Gasteiger partial charge in [0.05, 0.1) is 19.2 Å². The minimum absolute atomic E-state index is 0.0498. The van der Waals surface area contributed by atoms with Crippen LogP contribution in [0, 0.1) is 5.82 Å². The molecule has 1 atom stereocenters. The molecule has 0 amide bonds. The van der Waals surface area contributed by atoms with Gasteiger partial charge in [0.1, 0.15) is 24.0 Å². The van der Waals surface area contributed by atoms with Gasteiger partial charge in [0.2, 0.25) is 0 Å². The van der Waals surface area contributed by atoms with Crippen LogP contribution < -0.4 is 10.1 Å². The van der Waals surface area contributed by atoms with E-state index in [1.807, 2.05) is 37.4 Å². The van der Waals surface area contributed by atoms with E-state index in [-0.39, 0.29) is 25.1 Å². The Morgan fingerprint density at radius 2 is 2.00 bits per heavy atom. The third kappa shape index (κ3) is 4.25. The predicted octanol–water partition coefficient (Wildman–Crippen LogP) is 2.30. The molecule has 136 valence electrons. The maximum absolute atomic E-state index is 13.2. The van der Waals surface area contributed by atoms with Gasteiger partial charge in [-0.3, -0.25) is 0 Å². The molecular weight excluding hydrogens is 335 g/mol. The molecule has 0 aliphatic heterocycles. The number of aliphatic hydroxyl groups excluding tert-OH is 1. The van der Waals surface area contributed by atoms with Crippen molar-refractivity contribution in [1.29, 1.82) is 0 Å². The number of rotatable bonds is 8. The number of halogens is 1. The van der Waals surface area contributed by atoms with E-state index in [1.54, 1.807) is 16.8 Å². The van der Waals surface area contributed by atoms with Crippen LogP contribution in [0.2, 0.25) is 0 Å². The third-order valence-corrected chi connectivity index (χ3v) is 3.90. The van der Waals surface area contributed by atoms with Gasteiger partial charge in [0.15, 0.2) is 5.82 Å². The Balaban J connectivity index is 1.83. The molecular formula is C19H21FN4O2. The molecule has 1 aromatic heterocycles. The summed E-state index contributed by atoms with van der Waals surface area (Å²) in [6.45, 7) is 0.388. The van der Waals surface area contributed by atoms with E-state index in [1.165, 1.54) is 12.1 Å². The van der Waals surface area contributed by atoms with E-state index in [2.05, 4.69) is 15.4 Å². The smallest absolute Gasteiger partial charge is 0.188 e. The highest BCUT2D eigenvalue weighted by molar-refractivity contribution is 5.25. The first kappa shape index (κ1) is 18.0. The molecule has 0 radical (unpaired) electrons. The van der Waals surface area contributed by atoms with E-state index >= 15 is 0 Å². The van der Waals surface area contributed by atoms with E-state index in [0.29, 0.717) is 23.9 Å². The molecule has 0 aliphatic carbocycles. The number of ether oxygens (including phenoxy) is 1. The lowest BCUT2D eigenvalue weighted by Gasteiger charge is -2.16. The van der Waals surface area contributed by atoms with Gasteiger partial charge in [-0.25, -0.2) is 14.1 Å². The molecule has 0 saturated carbocycles. The largest absolute Gasteiger partial charge is 0.485 e. The topological polar surface area (TPSA) is 72.2 Å². The summed E-state index contributed by atoms with van der Waals surface area (Å²) >= 11 is 0. The van der Waals surface area contributed by atoms with Crippen LogP contribution in [-0.2, 0) is 13.2 Å². The Morgan fingerprint density at radius 1 is 1.19 bits per heavy atom. The SMILES string of the molecule is CNC(c1ccccc1)c1nc(COc2cccc(F)c2)nn1CCO. The summed E-state index contributed by atoms with van der Waals surface area (Å²) in [7, 11) is 1.85. The van der Waals surface area contributed by atoms with Crippen LogP contribution in [0.4, 0.5) is 4.39 Å². The predicted molar refractivity (Wildman–Crippen MR) is 95.2 cm³/mol. The van der Waals surface area contributed by atoms with E-state index in [4.69, 9.17) is 4.74 Å². The number of aromatic nitrogens is 3. The molecule has 2 N–H and O–H groups in total. The summed E-state index contributed by atoms with van der Waals surface area (Å²) in [5, 5.41) is 17.0. The quantitative estimate of drug-likeness (QED) is 0.648. The van der Waals surface area contributed by atoms with Crippen molar-refractivity contribution < 1.29 is 14.2 Å². The number of hydrogen-bond acceptors (Lipinski definition) is 5. The average molecular weight is 356 g/mol. The number of hydrogen-bond donors (Lipinski definition) is 2. The molecule has 2 aromatic carbocycles. The highest BCUT2D eigenvalue weighted by Gasteiger charge is 2.20. The van der Waals surface area contributed by atoms with Crippen molar-refractivity contribution in [2.45, 2.75) is 19.2 Å². The highest BCUT2D eigenvalue weighted by Crippen LogP contribution is 2.21. The lowest BCUT2D eigenvalue weighted by atomic mass is 10.1. The Kier molecular flexibility index (Phi) is 5.93. The molecule has 3 rings (SSSR count). The Labute approximate surface area is 151 Å². The Morgan fingerprint density at radius 3 is 2.69 bits per heavy atom. The van der Waals surface area contributed by atoms with Gasteiger partial charge in [-0.05, 0) is 24.7 Å². The first-order valence-electron chi connectivity index (χ1n) is 8.36. The third-order valence-electron chi connectivity index (χ3n) is 3.90. The second kappa shape index (κ2) is 8.55. The zero-order chi connectivity index (χ0) is 18.4. The minimum atomic E-state index is -0.360. The van der Waals surface area contributed by atoms with Crippen LogP contribution in [0.25, 0.3) is 0 Å². The fraction of sp³-hybridized carbons (Fsp3) is 0.263. The van der Waals surface area contributed by atoms with Gasteiger partial charge >= 0.3 is 0 Å². The summed E-state index contributed by atoms with van der Waals surface area (Å²) in [6, 6.07) is 15.6. The van der Waals surface area contributed by atoms with Crippen LogP contribution >= 0.6 is 0 Å². The van der Waals surface area contributed by atoms with E-state index in [0.717, 1.165) is 5.56 Å². The summed E-state index contributed by atoms with van der Waals surface area (Å²) in [6.07, 6.45) is 0. The van der Waals surface area contributed by atoms with Gasteiger partial charge in [-0.1, -0.05) is 36.4 Å². The van der Waals surface area contributed by atoms with Crippen LogP contribution in [0.1, 0.15) is 23.3 Å². The fourth-order valence-corrected chi connectivity index (χ4v) is 2.73. The fourth-order valence-electron chi connectivity index (χ4n) is 2.73. The first-order chi connectivity index (χ1) is 12.7. The maximum atomic E-state index is 13.2. The van der Waals surface area contributed by atoms with Crippen LogP contribution in [0.3, 0.4) is 0 Å². The number of nitrogens with zero attached hydrogens (tertiary/aromatic N) is 3. The first-order valence-corrected chi connectivity index (χ1v) is 8.36. The zero-order valence-corrected chi connectivity index (χ0v) is 14.5. The molecule has 26 heavy (non-hydrogen) atoms. The lowest BCUT2D eigenvalue weighted by Crippen LogP contribution is -2.23. The van der Waals surface area contributed by atoms with Crippen LogP contribution in [0.5, 0.6) is 5.75 Å². The summed E-state index contributed by atoms with van der Waals surface area (Å²) in [5.74, 6) is 1.21. The summed E-state index contributed by atoms with van der Waals surface area (Å²) in [5.41, 5.74) is 1.04. The lowest BCUT2D eigenvalue weighted by molar-refractivity contribution is 0.262. The molecule has 7 heteroatoms.